The van der Waals surface area contributed by atoms with Gasteiger partial charge in [0, 0.05) is 30.5 Å². The highest BCUT2D eigenvalue weighted by Gasteiger charge is 2.24. The van der Waals surface area contributed by atoms with E-state index in [4.69, 9.17) is 5.73 Å². The van der Waals surface area contributed by atoms with Crippen molar-refractivity contribution in [2.24, 2.45) is 5.73 Å². The number of carbonyl (C=O) groups is 4. The van der Waals surface area contributed by atoms with Gasteiger partial charge < -0.3 is 11.1 Å². The van der Waals surface area contributed by atoms with Crippen LogP contribution in [0.3, 0.4) is 0 Å². The van der Waals surface area contributed by atoms with Gasteiger partial charge in [-0.25, -0.2) is 5.01 Å². The zero-order valence-corrected chi connectivity index (χ0v) is 15.1. The molecule has 0 radical (unpaired) electrons. The zero-order chi connectivity index (χ0) is 20.1. The summed E-state index contributed by atoms with van der Waals surface area (Å²) in [7, 11) is 0. The minimum atomic E-state index is -0.491. The van der Waals surface area contributed by atoms with Gasteiger partial charge in [0.25, 0.3) is 5.91 Å². The van der Waals surface area contributed by atoms with E-state index >= 15 is 0 Å². The normalized spacial score (nSPS) is 13.8. The number of carbonyl (C=O) groups excluding carboxylic acids is 4. The van der Waals surface area contributed by atoms with Crippen molar-refractivity contribution in [2.45, 2.75) is 19.3 Å². The van der Waals surface area contributed by atoms with E-state index in [0.717, 1.165) is 5.56 Å². The van der Waals surface area contributed by atoms with Gasteiger partial charge in [-0.05, 0) is 48.4 Å². The molecule has 0 saturated carbocycles. The number of benzene rings is 2. The standard InChI is InChI=1S/C20H20N4O4/c21-19(27)15-3-1-2-13(12-15)10-11-22-20(28)14-4-6-16(7-5-14)24-18(26)9-8-17(25)23-24/h1-7,12H,8-11H2,(H2,21,27)(H,22,28)(H,23,25). The summed E-state index contributed by atoms with van der Waals surface area (Å²) in [5.74, 6) is -1.17. The van der Waals surface area contributed by atoms with Crippen molar-refractivity contribution in [1.82, 2.24) is 10.7 Å². The van der Waals surface area contributed by atoms with E-state index in [2.05, 4.69) is 10.7 Å². The monoisotopic (exact) mass is 380 g/mol. The molecular weight excluding hydrogens is 360 g/mol. The Labute approximate surface area is 161 Å². The summed E-state index contributed by atoms with van der Waals surface area (Å²) < 4.78 is 0. The molecule has 4 amide bonds. The molecule has 1 saturated heterocycles. The van der Waals surface area contributed by atoms with Gasteiger partial charge in [0.1, 0.15) is 0 Å². The zero-order valence-electron chi connectivity index (χ0n) is 15.1. The fourth-order valence-corrected chi connectivity index (χ4v) is 2.85. The molecule has 4 N–H and O–H groups in total. The van der Waals surface area contributed by atoms with Crippen LogP contribution in [0.15, 0.2) is 48.5 Å². The number of hydrazine groups is 1. The van der Waals surface area contributed by atoms with Crippen LogP contribution in [0.25, 0.3) is 0 Å². The number of hydrogen-bond acceptors (Lipinski definition) is 4. The first-order valence-electron chi connectivity index (χ1n) is 8.83. The quantitative estimate of drug-likeness (QED) is 0.690. The molecular formula is C20H20N4O4. The summed E-state index contributed by atoms with van der Waals surface area (Å²) in [6.45, 7) is 0.392. The Morgan fingerprint density at radius 1 is 1.04 bits per heavy atom. The molecule has 8 nitrogen and oxygen atoms in total. The highest BCUT2D eigenvalue weighted by atomic mass is 16.2. The van der Waals surface area contributed by atoms with Gasteiger partial charge >= 0.3 is 0 Å². The minimum absolute atomic E-state index is 0.158. The molecule has 2 aromatic rings. The van der Waals surface area contributed by atoms with Crippen molar-refractivity contribution < 1.29 is 19.2 Å². The van der Waals surface area contributed by atoms with Crippen LogP contribution in [-0.2, 0) is 16.0 Å². The molecule has 0 bridgehead atoms. The van der Waals surface area contributed by atoms with Crippen LogP contribution >= 0.6 is 0 Å². The third kappa shape index (κ3) is 4.53. The molecule has 0 aliphatic carbocycles. The fourth-order valence-electron chi connectivity index (χ4n) is 2.85. The summed E-state index contributed by atoms with van der Waals surface area (Å²) in [5.41, 5.74) is 10.0. The third-order valence-electron chi connectivity index (χ3n) is 4.35. The summed E-state index contributed by atoms with van der Waals surface area (Å²) in [6, 6.07) is 13.3. The molecule has 2 aromatic carbocycles. The summed E-state index contributed by atoms with van der Waals surface area (Å²) in [6.07, 6.45) is 0.891. The maximum atomic E-state index is 12.3. The van der Waals surface area contributed by atoms with Gasteiger partial charge in [-0.3, -0.25) is 24.6 Å². The van der Waals surface area contributed by atoms with Gasteiger partial charge in [-0.2, -0.15) is 0 Å². The number of hydrogen-bond donors (Lipinski definition) is 3. The Kier molecular flexibility index (Phi) is 5.69. The largest absolute Gasteiger partial charge is 0.366 e. The lowest BCUT2D eigenvalue weighted by Gasteiger charge is -2.27. The average Bonchev–Trinajstić information content (AvgIpc) is 2.70. The SMILES string of the molecule is NC(=O)c1cccc(CCNC(=O)c2ccc(N3NC(=O)CCC3=O)cc2)c1. The van der Waals surface area contributed by atoms with E-state index in [-0.39, 0.29) is 30.6 Å². The lowest BCUT2D eigenvalue weighted by atomic mass is 10.1. The highest BCUT2D eigenvalue weighted by molar-refractivity contribution is 6.01. The van der Waals surface area contributed by atoms with Crippen molar-refractivity contribution in [1.29, 1.82) is 0 Å². The Morgan fingerprint density at radius 2 is 1.79 bits per heavy atom. The first-order valence-corrected chi connectivity index (χ1v) is 8.83. The number of anilines is 1. The number of nitrogens with zero attached hydrogens (tertiary/aromatic N) is 1. The summed E-state index contributed by atoms with van der Waals surface area (Å²) >= 11 is 0. The summed E-state index contributed by atoms with van der Waals surface area (Å²) in [4.78, 5) is 46.9. The maximum absolute atomic E-state index is 12.3. The molecule has 3 rings (SSSR count). The molecule has 0 aromatic heterocycles. The van der Waals surface area contributed by atoms with E-state index in [1.54, 1.807) is 42.5 Å². The highest BCUT2D eigenvalue weighted by Crippen LogP contribution is 2.17. The number of nitrogens with two attached hydrogens (primary N) is 1. The molecule has 1 aliphatic rings. The second kappa shape index (κ2) is 8.34. The molecule has 1 heterocycles. The topological polar surface area (TPSA) is 122 Å². The van der Waals surface area contributed by atoms with Crippen LogP contribution in [0.5, 0.6) is 0 Å². The molecule has 0 atom stereocenters. The number of amides is 4. The van der Waals surface area contributed by atoms with Crippen molar-refractivity contribution in [3.05, 3.63) is 65.2 Å². The Balaban J connectivity index is 1.56. The van der Waals surface area contributed by atoms with Gasteiger partial charge in [-0.1, -0.05) is 12.1 Å². The van der Waals surface area contributed by atoms with Crippen molar-refractivity contribution in [3.63, 3.8) is 0 Å². The maximum Gasteiger partial charge on any atom is 0.251 e. The van der Waals surface area contributed by atoms with E-state index in [1.807, 2.05) is 6.07 Å². The third-order valence-corrected chi connectivity index (χ3v) is 4.35. The van der Waals surface area contributed by atoms with E-state index in [1.165, 1.54) is 5.01 Å². The second-order valence-corrected chi connectivity index (χ2v) is 6.38. The van der Waals surface area contributed by atoms with Crippen molar-refractivity contribution in [2.75, 3.05) is 11.6 Å². The van der Waals surface area contributed by atoms with E-state index in [9.17, 15) is 19.2 Å². The van der Waals surface area contributed by atoms with Crippen LogP contribution in [0.4, 0.5) is 5.69 Å². The average molecular weight is 380 g/mol. The van der Waals surface area contributed by atoms with Crippen LogP contribution in [-0.4, -0.2) is 30.2 Å². The molecule has 1 aliphatic heterocycles. The van der Waals surface area contributed by atoms with Gasteiger partial charge in [0.05, 0.1) is 5.69 Å². The predicted molar refractivity (Wildman–Crippen MR) is 102 cm³/mol. The van der Waals surface area contributed by atoms with E-state index < -0.39 is 5.91 Å². The van der Waals surface area contributed by atoms with Crippen molar-refractivity contribution in [3.8, 4) is 0 Å². The summed E-state index contributed by atoms with van der Waals surface area (Å²) in [5, 5.41) is 4.00. The van der Waals surface area contributed by atoms with Gasteiger partial charge in [0.2, 0.25) is 17.7 Å². The number of nitrogens with one attached hydrogen (secondary N) is 2. The molecule has 1 fully saturated rings. The number of primary amides is 1. The van der Waals surface area contributed by atoms with E-state index in [0.29, 0.717) is 29.8 Å². The Bertz CT molecular complexity index is 924. The number of rotatable bonds is 6. The molecule has 0 spiro atoms. The van der Waals surface area contributed by atoms with Crippen molar-refractivity contribution >= 4 is 29.3 Å². The Morgan fingerprint density at radius 3 is 2.50 bits per heavy atom. The van der Waals surface area contributed by atoms with Crippen LogP contribution in [0, 0.1) is 0 Å². The first-order chi connectivity index (χ1) is 13.4. The lowest BCUT2D eigenvalue weighted by molar-refractivity contribution is -0.130. The molecule has 144 valence electrons. The Hall–Kier alpha value is -3.68. The van der Waals surface area contributed by atoms with Crippen LogP contribution in [0.2, 0.25) is 0 Å². The predicted octanol–water partition coefficient (Wildman–Crippen LogP) is 0.916. The lowest BCUT2D eigenvalue weighted by Crippen LogP contribution is -2.50. The molecule has 8 heteroatoms. The minimum Gasteiger partial charge on any atom is -0.366 e. The smallest absolute Gasteiger partial charge is 0.251 e. The second-order valence-electron chi connectivity index (χ2n) is 6.38. The van der Waals surface area contributed by atoms with Gasteiger partial charge in [-0.15, -0.1) is 0 Å². The molecule has 28 heavy (non-hydrogen) atoms. The first kappa shape index (κ1) is 19.1. The van der Waals surface area contributed by atoms with Gasteiger partial charge in [0.15, 0.2) is 0 Å². The van der Waals surface area contributed by atoms with Crippen LogP contribution < -0.4 is 21.5 Å². The molecule has 0 unspecified atom stereocenters. The fraction of sp³-hybridized carbons (Fsp3) is 0.200. The van der Waals surface area contributed by atoms with Crippen LogP contribution in [0.1, 0.15) is 39.1 Å².